The van der Waals surface area contributed by atoms with Crippen LogP contribution in [0.25, 0.3) is 0 Å². The van der Waals surface area contributed by atoms with E-state index in [4.69, 9.17) is 0 Å². The third-order valence-corrected chi connectivity index (χ3v) is 4.44. The third-order valence-electron chi connectivity index (χ3n) is 4.44. The second-order valence-electron chi connectivity index (χ2n) is 6.17. The topological polar surface area (TPSA) is 49.4 Å². The molecular formula is C20H22N2O2. The van der Waals surface area contributed by atoms with E-state index in [1.54, 1.807) is 4.90 Å². The molecule has 124 valence electrons. The number of carbonyl (C=O) groups is 2. The molecule has 1 heterocycles. The van der Waals surface area contributed by atoms with Gasteiger partial charge in [0.15, 0.2) is 0 Å². The Morgan fingerprint density at radius 3 is 2.54 bits per heavy atom. The van der Waals surface area contributed by atoms with Crippen molar-refractivity contribution < 1.29 is 9.59 Å². The average Bonchev–Trinajstić information content (AvgIpc) is 3.00. The van der Waals surface area contributed by atoms with E-state index in [0.29, 0.717) is 19.4 Å². The first-order valence-electron chi connectivity index (χ1n) is 8.33. The molecule has 0 saturated carbocycles. The Hall–Kier alpha value is -2.62. The number of hydrogen-bond acceptors (Lipinski definition) is 2. The number of aryl methyl sites for hydroxylation is 1. The normalized spacial score (nSPS) is 15.9. The van der Waals surface area contributed by atoms with Crippen LogP contribution >= 0.6 is 0 Å². The van der Waals surface area contributed by atoms with Crippen LogP contribution in [0.1, 0.15) is 30.0 Å². The van der Waals surface area contributed by atoms with Gasteiger partial charge in [-0.2, -0.15) is 0 Å². The lowest BCUT2D eigenvalue weighted by atomic mass is 10.1. The predicted octanol–water partition coefficient (Wildman–Crippen LogP) is 2.98. The Morgan fingerprint density at radius 1 is 1.12 bits per heavy atom. The quantitative estimate of drug-likeness (QED) is 0.941. The first kappa shape index (κ1) is 16.2. The Kier molecular flexibility index (Phi) is 4.65. The smallest absolute Gasteiger partial charge is 0.243 e. The number of nitrogens with one attached hydrogen (secondary N) is 1. The zero-order valence-corrected chi connectivity index (χ0v) is 14.1. The number of anilines is 1. The van der Waals surface area contributed by atoms with Gasteiger partial charge in [-0.15, -0.1) is 0 Å². The van der Waals surface area contributed by atoms with Crippen molar-refractivity contribution in [2.24, 2.45) is 0 Å². The van der Waals surface area contributed by atoms with Crippen LogP contribution < -0.4 is 10.2 Å². The fourth-order valence-electron chi connectivity index (χ4n) is 3.09. The van der Waals surface area contributed by atoms with Gasteiger partial charge in [-0.05, 0) is 24.1 Å². The molecule has 4 heteroatoms. The molecule has 24 heavy (non-hydrogen) atoms. The van der Waals surface area contributed by atoms with Crippen molar-refractivity contribution in [3.63, 3.8) is 0 Å². The first-order valence-corrected chi connectivity index (χ1v) is 8.33. The Labute approximate surface area is 142 Å². The van der Waals surface area contributed by atoms with Crippen LogP contribution in [0.4, 0.5) is 5.69 Å². The van der Waals surface area contributed by atoms with Gasteiger partial charge in [0.1, 0.15) is 6.04 Å². The minimum Gasteiger partial charge on any atom is -0.350 e. The van der Waals surface area contributed by atoms with Crippen LogP contribution in [0.2, 0.25) is 0 Å². The van der Waals surface area contributed by atoms with Crippen molar-refractivity contribution in [2.45, 2.75) is 39.3 Å². The number of amides is 2. The highest BCUT2D eigenvalue weighted by Crippen LogP contribution is 2.32. The lowest BCUT2D eigenvalue weighted by Gasteiger charge is -2.24. The maximum Gasteiger partial charge on any atom is 0.243 e. The lowest BCUT2D eigenvalue weighted by molar-refractivity contribution is -0.126. The highest BCUT2D eigenvalue weighted by Gasteiger charge is 2.37. The first-order chi connectivity index (χ1) is 11.6. The zero-order chi connectivity index (χ0) is 17.1. The summed E-state index contributed by atoms with van der Waals surface area (Å²) in [5.41, 5.74) is 4.16. The molecule has 0 bridgehead atoms. The van der Waals surface area contributed by atoms with E-state index in [0.717, 1.165) is 16.8 Å². The van der Waals surface area contributed by atoms with Gasteiger partial charge in [0.05, 0.1) is 0 Å². The van der Waals surface area contributed by atoms with Gasteiger partial charge in [0, 0.05) is 25.1 Å². The van der Waals surface area contributed by atoms with Crippen LogP contribution in [0, 0.1) is 6.92 Å². The number of para-hydroxylation sites is 1. The van der Waals surface area contributed by atoms with Crippen molar-refractivity contribution in [1.29, 1.82) is 0 Å². The number of nitrogens with zero attached hydrogens (tertiary/aromatic N) is 1. The molecule has 0 aromatic heterocycles. The molecule has 3 rings (SSSR count). The van der Waals surface area contributed by atoms with E-state index in [9.17, 15) is 9.59 Å². The van der Waals surface area contributed by atoms with Crippen molar-refractivity contribution in [1.82, 2.24) is 5.32 Å². The molecule has 4 nitrogen and oxygen atoms in total. The van der Waals surface area contributed by atoms with Crippen molar-refractivity contribution >= 4 is 17.5 Å². The SMILES string of the molecule is CCC(=O)N1c2ccccc2CC1C(=O)NCc1ccc(C)cc1. The summed E-state index contributed by atoms with van der Waals surface area (Å²) < 4.78 is 0. The van der Waals surface area contributed by atoms with E-state index in [-0.39, 0.29) is 11.8 Å². The minimum atomic E-state index is -0.458. The number of hydrogen-bond donors (Lipinski definition) is 1. The summed E-state index contributed by atoms with van der Waals surface area (Å²) in [4.78, 5) is 26.7. The standard InChI is InChI=1S/C20H22N2O2/c1-3-19(23)22-17-7-5-4-6-16(17)12-18(22)20(24)21-13-15-10-8-14(2)9-11-15/h4-11,18H,3,12-13H2,1-2H3,(H,21,24). The highest BCUT2D eigenvalue weighted by atomic mass is 16.2. The molecule has 2 amide bonds. The van der Waals surface area contributed by atoms with Crippen LogP contribution in [-0.4, -0.2) is 17.9 Å². The van der Waals surface area contributed by atoms with Gasteiger partial charge < -0.3 is 5.32 Å². The average molecular weight is 322 g/mol. The van der Waals surface area contributed by atoms with E-state index in [2.05, 4.69) is 5.32 Å². The number of fused-ring (bicyclic) bond motifs is 1. The summed E-state index contributed by atoms with van der Waals surface area (Å²) in [7, 11) is 0. The van der Waals surface area contributed by atoms with Crippen molar-refractivity contribution in [2.75, 3.05) is 4.90 Å². The van der Waals surface area contributed by atoms with Gasteiger partial charge >= 0.3 is 0 Å². The maximum atomic E-state index is 12.7. The Morgan fingerprint density at radius 2 is 1.83 bits per heavy atom. The highest BCUT2D eigenvalue weighted by molar-refractivity contribution is 6.03. The number of rotatable bonds is 4. The molecule has 1 unspecified atom stereocenters. The molecule has 1 N–H and O–H groups in total. The fraction of sp³-hybridized carbons (Fsp3) is 0.300. The molecular weight excluding hydrogens is 300 g/mol. The second-order valence-corrected chi connectivity index (χ2v) is 6.17. The Bertz CT molecular complexity index is 752. The molecule has 0 fully saturated rings. The van der Waals surface area contributed by atoms with E-state index in [1.165, 1.54) is 5.56 Å². The molecule has 1 aliphatic rings. The second kappa shape index (κ2) is 6.87. The van der Waals surface area contributed by atoms with Crippen LogP contribution in [0.5, 0.6) is 0 Å². The van der Waals surface area contributed by atoms with Crippen molar-refractivity contribution in [3.8, 4) is 0 Å². The zero-order valence-electron chi connectivity index (χ0n) is 14.1. The summed E-state index contributed by atoms with van der Waals surface area (Å²) in [6.45, 7) is 4.33. The molecule has 2 aromatic rings. The van der Waals surface area contributed by atoms with Gasteiger partial charge in [0.25, 0.3) is 0 Å². The summed E-state index contributed by atoms with van der Waals surface area (Å²) in [6, 6.07) is 15.4. The summed E-state index contributed by atoms with van der Waals surface area (Å²) in [5.74, 6) is -0.121. The van der Waals surface area contributed by atoms with Crippen LogP contribution in [0.3, 0.4) is 0 Å². The number of carbonyl (C=O) groups excluding carboxylic acids is 2. The molecule has 1 aliphatic heterocycles. The lowest BCUT2D eigenvalue weighted by Crippen LogP contribution is -2.47. The molecule has 1 atom stereocenters. The van der Waals surface area contributed by atoms with Crippen LogP contribution in [-0.2, 0) is 22.6 Å². The van der Waals surface area contributed by atoms with Gasteiger partial charge in [-0.1, -0.05) is 55.0 Å². The van der Waals surface area contributed by atoms with Crippen LogP contribution in [0.15, 0.2) is 48.5 Å². The predicted molar refractivity (Wildman–Crippen MR) is 94.7 cm³/mol. The monoisotopic (exact) mass is 322 g/mol. The largest absolute Gasteiger partial charge is 0.350 e. The molecule has 0 aliphatic carbocycles. The fourth-order valence-corrected chi connectivity index (χ4v) is 3.09. The van der Waals surface area contributed by atoms with E-state index in [1.807, 2.05) is 62.4 Å². The summed E-state index contributed by atoms with van der Waals surface area (Å²) in [5, 5.41) is 2.97. The summed E-state index contributed by atoms with van der Waals surface area (Å²) in [6.07, 6.45) is 0.956. The van der Waals surface area contributed by atoms with E-state index < -0.39 is 6.04 Å². The summed E-state index contributed by atoms with van der Waals surface area (Å²) >= 11 is 0. The van der Waals surface area contributed by atoms with Gasteiger partial charge in [-0.25, -0.2) is 0 Å². The molecule has 0 radical (unpaired) electrons. The molecule has 0 spiro atoms. The van der Waals surface area contributed by atoms with E-state index >= 15 is 0 Å². The van der Waals surface area contributed by atoms with Gasteiger partial charge in [-0.3, -0.25) is 14.5 Å². The number of benzene rings is 2. The molecule has 2 aromatic carbocycles. The molecule has 0 saturated heterocycles. The maximum absolute atomic E-state index is 12.7. The minimum absolute atomic E-state index is 0.0181. The Balaban J connectivity index is 1.74. The van der Waals surface area contributed by atoms with Gasteiger partial charge in [0.2, 0.25) is 11.8 Å². The van der Waals surface area contributed by atoms with Crippen molar-refractivity contribution in [3.05, 3.63) is 65.2 Å². The third kappa shape index (κ3) is 3.18.